The first-order valence-electron chi connectivity index (χ1n) is 4.03. The Labute approximate surface area is 74.5 Å². The van der Waals surface area contributed by atoms with E-state index in [-0.39, 0.29) is 0 Å². The second kappa shape index (κ2) is 3.63. The average molecular weight is 178 g/mol. The fraction of sp³-hybridized carbons (Fsp3) is 0.333. The molecule has 0 N–H and O–H groups in total. The molecule has 0 saturated carbocycles. The molecule has 1 rings (SSSR count). The highest BCUT2D eigenvalue weighted by Crippen LogP contribution is 2.02. The van der Waals surface area contributed by atoms with E-state index in [0.717, 1.165) is 5.56 Å². The molecule has 0 aliphatic carbocycles. The van der Waals surface area contributed by atoms with Crippen LogP contribution in [-0.4, -0.2) is 19.4 Å². The third kappa shape index (κ3) is 3.43. The van der Waals surface area contributed by atoms with Crippen LogP contribution in [0.15, 0.2) is 29.2 Å². The zero-order valence-corrected chi connectivity index (χ0v) is 8.78. The summed E-state index contributed by atoms with van der Waals surface area (Å²) in [4.78, 5) is 3.94. The Morgan fingerprint density at radius 1 is 1.25 bits per heavy atom. The van der Waals surface area contributed by atoms with Crippen LogP contribution in [0.2, 0.25) is 19.6 Å². The molecule has 0 radical (unpaired) electrons. The summed E-state index contributed by atoms with van der Waals surface area (Å²) in [6, 6.07) is 3.92. The fourth-order valence-electron chi connectivity index (χ4n) is 0.718. The van der Waals surface area contributed by atoms with Crippen LogP contribution in [0.4, 0.5) is 0 Å². The SMILES string of the molecule is C[Si](C)(C)/N=C/c1ccncc1. The van der Waals surface area contributed by atoms with Crippen LogP contribution in [0, 0.1) is 0 Å². The highest BCUT2D eigenvalue weighted by atomic mass is 28.3. The molecule has 64 valence electrons. The average Bonchev–Trinajstić information content (AvgIpc) is 2.02. The number of pyridine rings is 1. The molecule has 0 amide bonds. The number of aromatic nitrogens is 1. The zero-order chi connectivity index (χ0) is 9.03. The van der Waals surface area contributed by atoms with Crippen molar-refractivity contribution in [3.8, 4) is 0 Å². The first kappa shape index (κ1) is 9.13. The van der Waals surface area contributed by atoms with Crippen LogP contribution < -0.4 is 0 Å². The summed E-state index contributed by atoms with van der Waals surface area (Å²) in [7, 11) is -1.29. The maximum Gasteiger partial charge on any atom is 0.172 e. The van der Waals surface area contributed by atoms with Crippen molar-refractivity contribution in [2.75, 3.05) is 0 Å². The normalized spacial score (nSPS) is 12.2. The van der Waals surface area contributed by atoms with Gasteiger partial charge in [-0.2, -0.15) is 0 Å². The van der Waals surface area contributed by atoms with Crippen molar-refractivity contribution in [2.45, 2.75) is 19.6 Å². The molecule has 2 nitrogen and oxygen atoms in total. The van der Waals surface area contributed by atoms with Crippen LogP contribution in [0.25, 0.3) is 0 Å². The summed E-state index contributed by atoms with van der Waals surface area (Å²) >= 11 is 0. The lowest BCUT2D eigenvalue weighted by Gasteiger charge is -2.06. The maximum absolute atomic E-state index is 4.51. The topological polar surface area (TPSA) is 25.2 Å². The molecule has 1 aromatic heterocycles. The Hall–Kier alpha value is -0.963. The van der Waals surface area contributed by atoms with E-state index >= 15 is 0 Å². The van der Waals surface area contributed by atoms with Gasteiger partial charge in [0.1, 0.15) is 0 Å². The van der Waals surface area contributed by atoms with Crippen LogP contribution in [-0.2, 0) is 0 Å². The second-order valence-corrected chi connectivity index (χ2v) is 8.31. The molecular formula is C9H14N2Si. The van der Waals surface area contributed by atoms with E-state index in [1.807, 2.05) is 18.3 Å². The summed E-state index contributed by atoms with van der Waals surface area (Å²) in [6.07, 6.45) is 5.50. The zero-order valence-electron chi connectivity index (χ0n) is 7.78. The van der Waals surface area contributed by atoms with Gasteiger partial charge in [-0.3, -0.25) is 4.98 Å². The summed E-state index contributed by atoms with van der Waals surface area (Å²) in [5.74, 6) is 0. The molecule has 0 aliphatic rings. The first-order chi connectivity index (χ1) is 5.58. The van der Waals surface area contributed by atoms with E-state index in [4.69, 9.17) is 0 Å². The van der Waals surface area contributed by atoms with Crippen LogP contribution in [0.3, 0.4) is 0 Å². The van der Waals surface area contributed by atoms with Gasteiger partial charge in [0.15, 0.2) is 8.24 Å². The van der Waals surface area contributed by atoms with Crippen molar-refractivity contribution in [1.29, 1.82) is 0 Å². The quantitative estimate of drug-likeness (QED) is 0.504. The maximum atomic E-state index is 4.51. The minimum Gasteiger partial charge on any atom is -0.329 e. The molecule has 1 aromatic rings. The van der Waals surface area contributed by atoms with Crippen LogP contribution >= 0.6 is 0 Å². The Balaban J connectivity index is 2.71. The summed E-state index contributed by atoms with van der Waals surface area (Å²) < 4.78 is 4.51. The van der Waals surface area contributed by atoms with E-state index in [2.05, 4.69) is 29.3 Å². The van der Waals surface area contributed by atoms with Crippen molar-refractivity contribution >= 4 is 14.5 Å². The number of nitrogens with zero attached hydrogens (tertiary/aromatic N) is 2. The van der Waals surface area contributed by atoms with Gasteiger partial charge < -0.3 is 4.66 Å². The minimum atomic E-state index is -1.29. The lowest BCUT2D eigenvalue weighted by Crippen LogP contribution is -2.16. The predicted molar refractivity (Wildman–Crippen MR) is 55.2 cm³/mol. The second-order valence-electron chi connectivity index (χ2n) is 3.71. The predicted octanol–water partition coefficient (Wildman–Crippen LogP) is 2.34. The first-order valence-corrected chi connectivity index (χ1v) is 7.48. The van der Waals surface area contributed by atoms with E-state index in [1.54, 1.807) is 12.4 Å². The Morgan fingerprint density at radius 3 is 2.33 bits per heavy atom. The van der Waals surface area contributed by atoms with Crippen LogP contribution in [0.1, 0.15) is 5.56 Å². The summed E-state index contributed by atoms with van der Waals surface area (Å²) in [6.45, 7) is 6.64. The van der Waals surface area contributed by atoms with E-state index < -0.39 is 8.24 Å². The minimum absolute atomic E-state index is 1.13. The van der Waals surface area contributed by atoms with Gasteiger partial charge in [0.2, 0.25) is 0 Å². The van der Waals surface area contributed by atoms with Gasteiger partial charge in [-0.1, -0.05) is 0 Å². The van der Waals surface area contributed by atoms with Gasteiger partial charge in [0.25, 0.3) is 0 Å². The van der Waals surface area contributed by atoms with Crippen molar-refractivity contribution in [3.63, 3.8) is 0 Å². The van der Waals surface area contributed by atoms with Gasteiger partial charge in [0, 0.05) is 18.6 Å². The molecule has 1 heterocycles. The molecule has 0 fully saturated rings. The lowest BCUT2D eigenvalue weighted by molar-refractivity contribution is 1.32. The molecule has 0 unspecified atom stereocenters. The van der Waals surface area contributed by atoms with Gasteiger partial charge in [-0.05, 0) is 37.3 Å². The Morgan fingerprint density at radius 2 is 1.83 bits per heavy atom. The molecule has 0 bridgehead atoms. The number of hydrogen-bond donors (Lipinski definition) is 0. The molecule has 0 atom stereocenters. The number of hydrogen-bond acceptors (Lipinski definition) is 2. The van der Waals surface area contributed by atoms with Gasteiger partial charge in [-0.15, -0.1) is 0 Å². The molecule has 0 spiro atoms. The molecule has 12 heavy (non-hydrogen) atoms. The third-order valence-electron chi connectivity index (χ3n) is 1.31. The Kier molecular flexibility index (Phi) is 2.76. The third-order valence-corrected chi connectivity index (χ3v) is 2.21. The van der Waals surface area contributed by atoms with Crippen molar-refractivity contribution in [1.82, 2.24) is 4.98 Å². The van der Waals surface area contributed by atoms with Crippen LogP contribution in [0.5, 0.6) is 0 Å². The lowest BCUT2D eigenvalue weighted by atomic mass is 10.3. The van der Waals surface area contributed by atoms with Gasteiger partial charge in [0.05, 0.1) is 0 Å². The van der Waals surface area contributed by atoms with E-state index in [0.29, 0.717) is 0 Å². The van der Waals surface area contributed by atoms with E-state index in [1.165, 1.54) is 0 Å². The standard InChI is InChI=1S/C9H14N2Si/c1-12(2,3)11-8-9-4-6-10-7-5-9/h4-8H,1-3H3/b11-8+. The summed E-state index contributed by atoms with van der Waals surface area (Å²) in [5, 5.41) is 0. The van der Waals surface area contributed by atoms with Gasteiger partial charge >= 0.3 is 0 Å². The molecule has 0 aliphatic heterocycles. The molecular weight excluding hydrogens is 164 g/mol. The fourth-order valence-corrected chi connectivity index (χ4v) is 1.25. The molecule has 0 saturated heterocycles. The van der Waals surface area contributed by atoms with Crippen molar-refractivity contribution in [3.05, 3.63) is 30.1 Å². The largest absolute Gasteiger partial charge is 0.329 e. The monoisotopic (exact) mass is 178 g/mol. The van der Waals surface area contributed by atoms with Crippen molar-refractivity contribution < 1.29 is 0 Å². The highest BCUT2D eigenvalue weighted by molar-refractivity contribution is 6.75. The Bertz CT molecular complexity index is 262. The van der Waals surface area contributed by atoms with Gasteiger partial charge in [-0.25, -0.2) is 0 Å². The summed E-state index contributed by atoms with van der Waals surface area (Å²) in [5.41, 5.74) is 1.13. The molecule has 3 heteroatoms. The van der Waals surface area contributed by atoms with E-state index in [9.17, 15) is 0 Å². The number of rotatable bonds is 2. The van der Waals surface area contributed by atoms with Crippen molar-refractivity contribution in [2.24, 2.45) is 4.66 Å². The highest BCUT2D eigenvalue weighted by Gasteiger charge is 2.08. The molecule has 0 aromatic carbocycles. The smallest absolute Gasteiger partial charge is 0.172 e.